The summed E-state index contributed by atoms with van der Waals surface area (Å²) in [7, 11) is 0. The molecule has 1 N–H and O–H groups in total. The van der Waals surface area contributed by atoms with Crippen molar-refractivity contribution in [3.8, 4) is 0 Å². The molecule has 1 amide bonds. The fourth-order valence-corrected chi connectivity index (χ4v) is 3.85. The van der Waals surface area contributed by atoms with Crippen molar-refractivity contribution in [2.24, 2.45) is 11.1 Å². The molecule has 4 nitrogen and oxygen atoms in total. The van der Waals surface area contributed by atoms with Crippen LogP contribution in [0.25, 0.3) is 10.1 Å². The number of likely N-dealkylation sites (tertiary alicyclic amines) is 1. The van der Waals surface area contributed by atoms with Crippen LogP contribution in [-0.2, 0) is 0 Å². The van der Waals surface area contributed by atoms with Crippen LogP contribution in [0.4, 0.5) is 0 Å². The molecule has 1 aliphatic rings. The van der Waals surface area contributed by atoms with Crippen molar-refractivity contribution in [1.82, 2.24) is 4.90 Å². The number of rotatable bonds is 2. The highest BCUT2D eigenvalue weighted by molar-refractivity contribution is 7.17. The van der Waals surface area contributed by atoms with E-state index in [1.807, 2.05) is 34.5 Å². The lowest BCUT2D eigenvalue weighted by atomic mass is 9.93. The molecule has 0 aliphatic carbocycles. The van der Waals surface area contributed by atoms with Gasteiger partial charge in [0.25, 0.3) is 5.91 Å². The molecule has 5 heteroatoms. The normalized spacial score (nSPS) is 21.1. The Hall–Kier alpha value is -1.88. The van der Waals surface area contributed by atoms with E-state index in [4.69, 9.17) is 5.21 Å². The largest absolute Gasteiger partial charge is 0.411 e. The molecule has 1 unspecified atom stereocenters. The summed E-state index contributed by atoms with van der Waals surface area (Å²) in [5.74, 6) is 0.250. The second-order valence-corrected chi connectivity index (χ2v) is 6.25. The van der Waals surface area contributed by atoms with Crippen LogP contribution in [0.1, 0.15) is 30.1 Å². The fourth-order valence-electron chi connectivity index (χ4n) is 2.91. The van der Waals surface area contributed by atoms with E-state index in [1.165, 1.54) is 0 Å². The molecule has 1 aliphatic heterocycles. The average Bonchev–Trinajstić information content (AvgIpc) is 2.97. The van der Waals surface area contributed by atoms with Gasteiger partial charge < -0.3 is 10.1 Å². The van der Waals surface area contributed by atoms with Crippen molar-refractivity contribution in [2.75, 3.05) is 13.1 Å². The molecule has 1 saturated heterocycles. The lowest BCUT2D eigenvalue weighted by Crippen LogP contribution is -2.44. The zero-order valence-corrected chi connectivity index (χ0v) is 12.8. The Morgan fingerprint density at radius 1 is 1.48 bits per heavy atom. The number of carbonyl (C=O) groups excluding carboxylic acids is 1. The summed E-state index contributed by atoms with van der Waals surface area (Å²) in [6.45, 7) is 3.32. The summed E-state index contributed by atoms with van der Waals surface area (Å²) >= 11 is 1.61. The van der Waals surface area contributed by atoms with Crippen molar-refractivity contribution in [3.63, 3.8) is 0 Å². The second-order valence-electron chi connectivity index (χ2n) is 5.34. The van der Waals surface area contributed by atoms with Crippen LogP contribution in [0.3, 0.4) is 0 Å². The molecule has 3 rings (SSSR count). The Morgan fingerprint density at radius 3 is 3.05 bits per heavy atom. The Morgan fingerprint density at radius 2 is 2.29 bits per heavy atom. The van der Waals surface area contributed by atoms with Crippen LogP contribution in [0, 0.1) is 5.92 Å². The lowest BCUT2D eigenvalue weighted by molar-refractivity contribution is 0.0731. The third kappa shape index (κ3) is 2.53. The molecule has 0 saturated carbocycles. The predicted octanol–water partition coefficient (Wildman–Crippen LogP) is 3.60. The summed E-state index contributed by atoms with van der Waals surface area (Å²) < 4.78 is 1.14. The molecule has 0 radical (unpaired) electrons. The number of piperidine rings is 1. The molecule has 1 atom stereocenters. The molecule has 110 valence electrons. The Balaban J connectivity index is 1.86. The van der Waals surface area contributed by atoms with Crippen LogP contribution in [0.2, 0.25) is 0 Å². The SMILES string of the molecule is CCC1CN(C(=O)c2csc3ccccc23)CC/C1=N\O. The number of amides is 1. The van der Waals surface area contributed by atoms with Gasteiger partial charge >= 0.3 is 0 Å². The summed E-state index contributed by atoms with van der Waals surface area (Å²) in [5, 5.41) is 15.4. The van der Waals surface area contributed by atoms with Gasteiger partial charge in [0.15, 0.2) is 0 Å². The van der Waals surface area contributed by atoms with Gasteiger partial charge in [0.1, 0.15) is 0 Å². The highest BCUT2D eigenvalue weighted by Crippen LogP contribution is 2.28. The number of thiophene rings is 1. The number of hydrogen-bond donors (Lipinski definition) is 1. The third-order valence-electron chi connectivity index (χ3n) is 4.17. The number of hydrogen-bond acceptors (Lipinski definition) is 4. The number of oxime groups is 1. The number of nitrogens with zero attached hydrogens (tertiary/aromatic N) is 2. The van der Waals surface area contributed by atoms with Gasteiger partial charge in [0, 0.05) is 40.9 Å². The summed E-state index contributed by atoms with van der Waals surface area (Å²) in [4.78, 5) is 14.6. The standard InChI is InChI=1S/C16H18N2O2S/c1-2-11-9-18(8-7-14(11)17-20)16(19)13-10-21-15-6-4-3-5-12(13)15/h3-6,10-11,20H,2,7-9H2,1H3/b17-14+. The number of fused-ring (bicyclic) bond motifs is 1. The minimum Gasteiger partial charge on any atom is -0.411 e. The molecule has 0 spiro atoms. The minimum absolute atomic E-state index is 0.0860. The van der Waals surface area contributed by atoms with E-state index in [0.29, 0.717) is 19.5 Å². The van der Waals surface area contributed by atoms with Crippen LogP contribution >= 0.6 is 11.3 Å². The molecule has 2 aromatic rings. The molecule has 0 bridgehead atoms. The first-order chi connectivity index (χ1) is 10.2. The molecule has 21 heavy (non-hydrogen) atoms. The van der Waals surface area contributed by atoms with Crippen molar-refractivity contribution < 1.29 is 10.0 Å². The molecular formula is C16H18N2O2S. The smallest absolute Gasteiger partial charge is 0.255 e. The number of carbonyl (C=O) groups is 1. The van der Waals surface area contributed by atoms with E-state index in [2.05, 4.69) is 12.1 Å². The van der Waals surface area contributed by atoms with Gasteiger partial charge in [0.2, 0.25) is 0 Å². The highest BCUT2D eigenvalue weighted by atomic mass is 32.1. The maximum absolute atomic E-state index is 12.8. The van der Waals surface area contributed by atoms with Crippen molar-refractivity contribution >= 4 is 33.0 Å². The van der Waals surface area contributed by atoms with Crippen molar-refractivity contribution in [3.05, 3.63) is 35.2 Å². The Kier molecular flexibility index (Phi) is 3.92. The van der Waals surface area contributed by atoms with E-state index in [0.717, 1.165) is 27.8 Å². The maximum Gasteiger partial charge on any atom is 0.255 e. The van der Waals surface area contributed by atoms with Gasteiger partial charge in [-0.3, -0.25) is 4.79 Å². The quantitative estimate of drug-likeness (QED) is 0.680. The Bertz CT molecular complexity index is 692. The maximum atomic E-state index is 12.8. The summed E-state index contributed by atoms with van der Waals surface area (Å²) in [5.41, 5.74) is 1.60. The molecule has 2 heterocycles. The van der Waals surface area contributed by atoms with Crippen LogP contribution in [0.5, 0.6) is 0 Å². The van der Waals surface area contributed by atoms with Gasteiger partial charge in [-0.25, -0.2) is 0 Å². The molecule has 1 aromatic carbocycles. The molecule has 1 aromatic heterocycles. The highest BCUT2D eigenvalue weighted by Gasteiger charge is 2.29. The van der Waals surface area contributed by atoms with Crippen LogP contribution in [0.15, 0.2) is 34.8 Å². The van der Waals surface area contributed by atoms with E-state index in [1.54, 1.807) is 11.3 Å². The first-order valence-electron chi connectivity index (χ1n) is 7.21. The monoisotopic (exact) mass is 302 g/mol. The number of benzene rings is 1. The van der Waals surface area contributed by atoms with E-state index < -0.39 is 0 Å². The topological polar surface area (TPSA) is 52.9 Å². The van der Waals surface area contributed by atoms with Crippen molar-refractivity contribution in [2.45, 2.75) is 19.8 Å². The zero-order valence-electron chi connectivity index (χ0n) is 12.0. The van der Waals surface area contributed by atoms with E-state index in [9.17, 15) is 4.79 Å². The van der Waals surface area contributed by atoms with Gasteiger partial charge in [-0.2, -0.15) is 0 Å². The van der Waals surface area contributed by atoms with Gasteiger partial charge in [-0.15, -0.1) is 11.3 Å². The van der Waals surface area contributed by atoms with Crippen LogP contribution in [-0.4, -0.2) is 34.8 Å². The first-order valence-corrected chi connectivity index (χ1v) is 8.09. The predicted molar refractivity (Wildman–Crippen MR) is 85.3 cm³/mol. The Labute approximate surface area is 127 Å². The third-order valence-corrected chi connectivity index (χ3v) is 5.13. The van der Waals surface area contributed by atoms with Gasteiger partial charge in [-0.1, -0.05) is 30.3 Å². The first kappa shape index (κ1) is 14.1. The van der Waals surface area contributed by atoms with E-state index in [-0.39, 0.29) is 11.8 Å². The zero-order chi connectivity index (χ0) is 14.8. The van der Waals surface area contributed by atoms with Crippen LogP contribution < -0.4 is 0 Å². The van der Waals surface area contributed by atoms with Gasteiger partial charge in [0.05, 0.1) is 11.3 Å². The van der Waals surface area contributed by atoms with E-state index >= 15 is 0 Å². The molecule has 1 fully saturated rings. The summed E-state index contributed by atoms with van der Waals surface area (Å²) in [6.07, 6.45) is 1.54. The lowest BCUT2D eigenvalue weighted by Gasteiger charge is -2.32. The van der Waals surface area contributed by atoms with Gasteiger partial charge in [-0.05, 0) is 12.5 Å². The fraction of sp³-hybridized carbons (Fsp3) is 0.375. The second kappa shape index (κ2) is 5.85. The van der Waals surface area contributed by atoms with Crippen molar-refractivity contribution in [1.29, 1.82) is 0 Å². The molecular weight excluding hydrogens is 284 g/mol. The minimum atomic E-state index is 0.0860. The summed E-state index contributed by atoms with van der Waals surface area (Å²) in [6, 6.07) is 8.00. The average molecular weight is 302 g/mol.